The Kier molecular flexibility index (Phi) is 5.79. The molecule has 0 saturated carbocycles. The van der Waals surface area contributed by atoms with Gasteiger partial charge in [-0.1, -0.05) is 0 Å². The first-order valence-electron chi connectivity index (χ1n) is 8.32. The molecular formula is C20H16F2N2O4S. The van der Waals surface area contributed by atoms with Crippen LogP contribution in [0.1, 0.15) is 10.4 Å². The van der Waals surface area contributed by atoms with Gasteiger partial charge in [-0.25, -0.2) is 17.2 Å². The van der Waals surface area contributed by atoms with Gasteiger partial charge in [0.25, 0.3) is 15.9 Å². The van der Waals surface area contributed by atoms with Gasteiger partial charge in [-0.3, -0.25) is 9.52 Å². The van der Waals surface area contributed by atoms with E-state index in [0.29, 0.717) is 23.1 Å². The Balaban J connectivity index is 1.69. The highest BCUT2D eigenvalue weighted by Crippen LogP contribution is 2.20. The molecule has 0 aliphatic carbocycles. The zero-order valence-corrected chi connectivity index (χ0v) is 16.0. The monoisotopic (exact) mass is 418 g/mol. The van der Waals surface area contributed by atoms with Crippen LogP contribution in [0.4, 0.5) is 20.2 Å². The third-order valence-electron chi connectivity index (χ3n) is 3.95. The zero-order chi connectivity index (χ0) is 21.0. The van der Waals surface area contributed by atoms with E-state index < -0.39 is 26.6 Å². The van der Waals surface area contributed by atoms with Crippen molar-refractivity contribution in [2.24, 2.45) is 0 Å². The zero-order valence-electron chi connectivity index (χ0n) is 15.1. The molecule has 0 heterocycles. The summed E-state index contributed by atoms with van der Waals surface area (Å²) in [6, 6.07) is 14.7. The second-order valence-electron chi connectivity index (χ2n) is 5.94. The van der Waals surface area contributed by atoms with E-state index in [9.17, 15) is 22.0 Å². The minimum Gasteiger partial charge on any atom is -0.497 e. The molecule has 0 saturated heterocycles. The largest absolute Gasteiger partial charge is 0.497 e. The van der Waals surface area contributed by atoms with Crippen molar-refractivity contribution in [3.63, 3.8) is 0 Å². The molecule has 0 spiro atoms. The van der Waals surface area contributed by atoms with Crippen LogP contribution in [-0.4, -0.2) is 21.4 Å². The van der Waals surface area contributed by atoms with Crippen molar-refractivity contribution >= 4 is 27.3 Å². The predicted molar refractivity (Wildman–Crippen MR) is 105 cm³/mol. The SMILES string of the molecule is COc1ccc(C(=O)Nc2ccc(NS(=O)(=O)c3ccc(F)c(F)c3)cc2)cc1. The fourth-order valence-corrected chi connectivity index (χ4v) is 3.50. The first-order valence-corrected chi connectivity index (χ1v) is 9.80. The van der Waals surface area contributed by atoms with E-state index in [1.54, 1.807) is 24.3 Å². The Morgan fingerprint density at radius 3 is 2.07 bits per heavy atom. The minimum absolute atomic E-state index is 0.192. The number of anilines is 2. The molecule has 0 aliphatic rings. The highest BCUT2D eigenvalue weighted by molar-refractivity contribution is 7.92. The average Bonchev–Trinajstić information content (AvgIpc) is 2.71. The first kappa shape index (κ1) is 20.3. The van der Waals surface area contributed by atoms with Crippen molar-refractivity contribution in [3.05, 3.63) is 83.9 Å². The molecule has 0 radical (unpaired) electrons. The van der Waals surface area contributed by atoms with Crippen LogP contribution in [-0.2, 0) is 10.0 Å². The van der Waals surface area contributed by atoms with Crippen LogP contribution < -0.4 is 14.8 Å². The molecule has 0 fully saturated rings. The third-order valence-corrected chi connectivity index (χ3v) is 5.33. The molecule has 3 rings (SSSR count). The molecule has 9 heteroatoms. The smallest absolute Gasteiger partial charge is 0.261 e. The van der Waals surface area contributed by atoms with Crippen LogP contribution in [0.2, 0.25) is 0 Å². The van der Waals surface area contributed by atoms with Gasteiger partial charge < -0.3 is 10.1 Å². The third kappa shape index (κ3) is 4.88. The number of amides is 1. The summed E-state index contributed by atoms with van der Waals surface area (Å²) < 4.78 is 58.2. The standard InChI is InChI=1S/C20H16F2N2O4S/c1-28-16-8-2-13(3-9-16)20(25)23-14-4-6-15(7-5-14)24-29(26,27)17-10-11-18(21)19(22)12-17/h2-12,24H,1H3,(H,23,25). The lowest BCUT2D eigenvalue weighted by Gasteiger charge is -2.10. The number of halogens is 2. The lowest BCUT2D eigenvalue weighted by Crippen LogP contribution is -2.14. The summed E-state index contributed by atoms with van der Waals surface area (Å²) >= 11 is 0. The normalized spacial score (nSPS) is 11.0. The molecule has 0 atom stereocenters. The van der Waals surface area contributed by atoms with E-state index >= 15 is 0 Å². The van der Waals surface area contributed by atoms with E-state index in [1.807, 2.05) is 0 Å². The quantitative estimate of drug-likeness (QED) is 0.633. The summed E-state index contributed by atoms with van der Waals surface area (Å²) in [5.41, 5.74) is 1.06. The van der Waals surface area contributed by atoms with Gasteiger partial charge in [-0.15, -0.1) is 0 Å². The van der Waals surface area contributed by atoms with Crippen molar-refractivity contribution < 1.29 is 26.7 Å². The number of ether oxygens (including phenoxy) is 1. The van der Waals surface area contributed by atoms with Crippen molar-refractivity contribution in [2.45, 2.75) is 4.90 Å². The molecule has 150 valence electrons. The van der Waals surface area contributed by atoms with E-state index in [2.05, 4.69) is 10.0 Å². The Morgan fingerprint density at radius 2 is 1.48 bits per heavy atom. The van der Waals surface area contributed by atoms with Crippen molar-refractivity contribution in [1.82, 2.24) is 0 Å². The average molecular weight is 418 g/mol. The summed E-state index contributed by atoms with van der Waals surface area (Å²) in [6.07, 6.45) is 0. The number of carbonyl (C=O) groups is 1. The van der Waals surface area contributed by atoms with Crippen molar-refractivity contribution in [2.75, 3.05) is 17.1 Å². The van der Waals surface area contributed by atoms with Crippen molar-refractivity contribution in [1.29, 1.82) is 0 Å². The van der Waals surface area contributed by atoms with E-state index in [1.165, 1.54) is 31.4 Å². The summed E-state index contributed by atoms with van der Waals surface area (Å²) in [5.74, 6) is -2.12. The number of sulfonamides is 1. The fourth-order valence-electron chi connectivity index (χ4n) is 2.43. The van der Waals surface area contributed by atoms with Gasteiger partial charge in [0, 0.05) is 16.9 Å². The molecule has 0 aromatic heterocycles. The molecule has 6 nitrogen and oxygen atoms in total. The van der Waals surface area contributed by atoms with Gasteiger partial charge in [0.05, 0.1) is 12.0 Å². The fraction of sp³-hybridized carbons (Fsp3) is 0.0500. The minimum atomic E-state index is -4.09. The van der Waals surface area contributed by atoms with E-state index in [4.69, 9.17) is 4.74 Å². The number of benzene rings is 3. The Morgan fingerprint density at radius 1 is 0.862 bits per heavy atom. The van der Waals surface area contributed by atoms with Gasteiger partial charge in [0.2, 0.25) is 0 Å². The lowest BCUT2D eigenvalue weighted by molar-refractivity contribution is 0.102. The first-order chi connectivity index (χ1) is 13.8. The Labute approximate surface area is 166 Å². The summed E-state index contributed by atoms with van der Waals surface area (Å²) in [4.78, 5) is 11.8. The molecule has 2 N–H and O–H groups in total. The number of hydrogen-bond donors (Lipinski definition) is 2. The van der Waals surface area contributed by atoms with E-state index in [-0.39, 0.29) is 11.6 Å². The number of nitrogens with one attached hydrogen (secondary N) is 2. The van der Waals surface area contributed by atoms with Crippen LogP contribution >= 0.6 is 0 Å². The molecule has 0 aliphatic heterocycles. The van der Waals surface area contributed by atoms with Crippen LogP contribution in [0, 0.1) is 11.6 Å². The van der Waals surface area contributed by atoms with Crippen LogP contribution in [0.25, 0.3) is 0 Å². The summed E-state index contributed by atoms with van der Waals surface area (Å²) in [5, 5.41) is 2.68. The second kappa shape index (κ2) is 8.27. The Hall–Kier alpha value is -3.46. The molecule has 3 aromatic carbocycles. The van der Waals surface area contributed by atoms with E-state index in [0.717, 1.165) is 12.1 Å². The number of rotatable bonds is 6. The number of hydrogen-bond acceptors (Lipinski definition) is 4. The molecule has 0 unspecified atom stereocenters. The number of methoxy groups -OCH3 is 1. The highest BCUT2D eigenvalue weighted by atomic mass is 32.2. The molecule has 29 heavy (non-hydrogen) atoms. The molecule has 1 amide bonds. The topological polar surface area (TPSA) is 84.5 Å². The molecular weight excluding hydrogens is 402 g/mol. The maximum absolute atomic E-state index is 13.3. The van der Waals surface area contributed by atoms with Gasteiger partial charge in [0.15, 0.2) is 11.6 Å². The van der Waals surface area contributed by atoms with Gasteiger partial charge in [0.1, 0.15) is 5.75 Å². The van der Waals surface area contributed by atoms with Gasteiger partial charge >= 0.3 is 0 Å². The maximum Gasteiger partial charge on any atom is 0.261 e. The maximum atomic E-state index is 13.3. The van der Waals surface area contributed by atoms with Crippen LogP contribution in [0.5, 0.6) is 5.75 Å². The summed E-state index contributed by atoms with van der Waals surface area (Å²) in [7, 11) is -2.57. The predicted octanol–water partition coefficient (Wildman–Crippen LogP) is 4.03. The van der Waals surface area contributed by atoms with Crippen LogP contribution in [0.3, 0.4) is 0 Å². The van der Waals surface area contributed by atoms with Gasteiger partial charge in [-0.05, 0) is 66.7 Å². The second-order valence-corrected chi connectivity index (χ2v) is 7.62. The molecule has 0 bridgehead atoms. The summed E-state index contributed by atoms with van der Waals surface area (Å²) in [6.45, 7) is 0. The number of carbonyl (C=O) groups excluding carboxylic acids is 1. The highest BCUT2D eigenvalue weighted by Gasteiger charge is 2.17. The van der Waals surface area contributed by atoms with Crippen molar-refractivity contribution in [3.8, 4) is 5.75 Å². The van der Waals surface area contributed by atoms with Crippen LogP contribution in [0.15, 0.2) is 71.6 Å². The van der Waals surface area contributed by atoms with Gasteiger partial charge in [-0.2, -0.15) is 0 Å². The lowest BCUT2D eigenvalue weighted by atomic mass is 10.2. The Bertz CT molecular complexity index is 1130. The molecule has 3 aromatic rings.